The Kier molecular flexibility index (Phi) is 4.91. The summed E-state index contributed by atoms with van der Waals surface area (Å²) < 4.78 is 11.5. The summed E-state index contributed by atoms with van der Waals surface area (Å²) in [5.41, 5.74) is 10.3. The van der Waals surface area contributed by atoms with E-state index in [1.54, 1.807) is 0 Å². The molecule has 0 bridgehead atoms. The van der Waals surface area contributed by atoms with Gasteiger partial charge in [0, 0.05) is 31.0 Å². The number of hydrogen-bond acceptors (Lipinski definition) is 7. The molecule has 3 aliphatic rings. The second-order valence-corrected chi connectivity index (χ2v) is 7.08. The van der Waals surface area contributed by atoms with Crippen molar-refractivity contribution in [3.8, 4) is 0 Å². The smallest absolute Gasteiger partial charge is 0.253 e. The molecular formula is C15H27N3O5. The number of nitrogens with two attached hydrogens (primary N) is 2. The highest BCUT2D eigenvalue weighted by Crippen LogP contribution is 2.35. The average Bonchev–Trinajstić information content (AvgIpc) is 2.92. The fourth-order valence-electron chi connectivity index (χ4n) is 3.51. The number of hydrogen-bond donors (Lipinski definition) is 5. The van der Waals surface area contributed by atoms with Crippen LogP contribution < -0.4 is 16.8 Å². The minimum Gasteiger partial charge on any atom is -0.394 e. The number of aliphatic hydroxyl groups is 2. The van der Waals surface area contributed by atoms with Crippen molar-refractivity contribution in [1.29, 1.82) is 0 Å². The lowest BCUT2D eigenvalue weighted by molar-refractivity contribution is -0.175. The highest BCUT2D eigenvalue weighted by Gasteiger charge is 2.57. The second kappa shape index (κ2) is 6.62. The largest absolute Gasteiger partial charge is 0.394 e. The Morgan fingerprint density at radius 2 is 2.04 bits per heavy atom. The van der Waals surface area contributed by atoms with Crippen LogP contribution in [-0.4, -0.2) is 65.0 Å². The molecule has 3 rings (SSSR count). The van der Waals surface area contributed by atoms with Crippen molar-refractivity contribution in [2.75, 3.05) is 6.61 Å². The number of carbonyl (C=O) groups excluding carboxylic acids is 1. The van der Waals surface area contributed by atoms with E-state index >= 15 is 0 Å². The maximum atomic E-state index is 12.1. The van der Waals surface area contributed by atoms with E-state index in [2.05, 4.69) is 5.32 Å². The zero-order valence-electron chi connectivity index (χ0n) is 13.2. The second-order valence-electron chi connectivity index (χ2n) is 7.08. The van der Waals surface area contributed by atoms with Crippen LogP contribution in [0.5, 0.6) is 0 Å². The first-order valence-corrected chi connectivity index (χ1v) is 8.37. The molecule has 1 amide bonds. The lowest BCUT2D eigenvalue weighted by atomic mass is 9.89. The van der Waals surface area contributed by atoms with Crippen LogP contribution in [0.15, 0.2) is 0 Å². The van der Waals surface area contributed by atoms with Crippen LogP contribution in [0.1, 0.15) is 38.5 Å². The van der Waals surface area contributed by atoms with Gasteiger partial charge < -0.3 is 36.5 Å². The highest BCUT2D eigenvalue weighted by atomic mass is 16.7. The Hall–Kier alpha value is -0.770. The van der Waals surface area contributed by atoms with Crippen LogP contribution >= 0.6 is 0 Å². The fraction of sp³-hybridized carbons (Fsp3) is 0.933. The van der Waals surface area contributed by atoms with Gasteiger partial charge in [0.05, 0.1) is 18.8 Å². The van der Waals surface area contributed by atoms with Crippen molar-refractivity contribution in [2.45, 2.75) is 80.7 Å². The van der Waals surface area contributed by atoms with Crippen LogP contribution in [0.2, 0.25) is 0 Å². The monoisotopic (exact) mass is 329 g/mol. The summed E-state index contributed by atoms with van der Waals surface area (Å²) in [7, 11) is 0. The first-order valence-electron chi connectivity index (χ1n) is 8.37. The van der Waals surface area contributed by atoms with Gasteiger partial charge in [-0.3, -0.25) is 4.79 Å². The first-order chi connectivity index (χ1) is 10.9. The predicted molar refractivity (Wildman–Crippen MR) is 81.2 cm³/mol. The zero-order chi connectivity index (χ0) is 16.6. The van der Waals surface area contributed by atoms with Crippen molar-refractivity contribution >= 4 is 5.91 Å². The summed E-state index contributed by atoms with van der Waals surface area (Å²) in [6, 6.07) is -0.686. The number of ether oxygens (including phenoxy) is 2. The normalized spacial score (nSPS) is 46.6. The molecule has 2 saturated carbocycles. The van der Waals surface area contributed by atoms with Gasteiger partial charge in [0.15, 0.2) is 11.9 Å². The number of carbonyl (C=O) groups is 1. The topological polar surface area (TPSA) is 140 Å². The van der Waals surface area contributed by atoms with Crippen LogP contribution in [0, 0.1) is 0 Å². The van der Waals surface area contributed by atoms with Crippen molar-refractivity contribution < 1.29 is 24.5 Å². The molecule has 2 aliphatic carbocycles. The zero-order valence-corrected chi connectivity index (χ0v) is 13.2. The third kappa shape index (κ3) is 3.84. The van der Waals surface area contributed by atoms with Gasteiger partial charge in [-0.2, -0.15) is 0 Å². The Morgan fingerprint density at radius 1 is 1.30 bits per heavy atom. The molecule has 0 aromatic heterocycles. The molecule has 1 saturated heterocycles. The number of aliphatic hydroxyl groups excluding tert-OH is 1. The molecule has 7 N–H and O–H groups in total. The predicted octanol–water partition coefficient (Wildman–Crippen LogP) is -1.67. The van der Waals surface area contributed by atoms with E-state index in [0.29, 0.717) is 25.7 Å². The molecule has 0 spiro atoms. The quantitative estimate of drug-likeness (QED) is 0.406. The summed E-state index contributed by atoms with van der Waals surface area (Å²) in [6.07, 6.45) is 3.26. The Morgan fingerprint density at radius 3 is 2.65 bits per heavy atom. The van der Waals surface area contributed by atoms with Crippen molar-refractivity contribution in [3.05, 3.63) is 0 Å². The van der Waals surface area contributed by atoms with Gasteiger partial charge in [-0.1, -0.05) is 0 Å². The van der Waals surface area contributed by atoms with Crippen LogP contribution in [0.25, 0.3) is 0 Å². The molecular weight excluding hydrogens is 302 g/mol. The molecule has 8 nitrogen and oxygen atoms in total. The minimum atomic E-state index is -1.42. The molecule has 0 radical (unpaired) electrons. The van der Waals surface area contributed by atoms with E-state index in [1.807, 2.05) is 0 Å². The van der Waals surface area contributed by atoms with Gasteiger partial charge in [-0.05, 0) is 25.7 Å². The van der Waals surface area contributed by atoms with E-state index in [0.717, 1.165) is 12.8 Å². The molecule has 1 heterocycles. The molecule has 0 aromatic rings. The molecule has 7 atom stereocenters. The van der Waals surface area contributed by atoms with Gasteiger partial charge in [0.1, 0.15) is 0 Å². The lowest BCUT2D eigenvalue weighted by Gasteiger charge is -2.35. The van der Waals surface area contributed by atoms with Crippen LogP contribution in [0.3, 0.4) is 0 Å². The Labute approximate surface area is 135 Å². The molecule has 7 unspecified atom stereocenters. The first kappa shape index (κ1) is 17.1. The third-order valence-corrected chi connectivity index (χ3v) is 5.03. The van der Waals surface area contributed by atoms with Crippen molar-refractivity contribution in [1.82, 2.24) is 5.32 Å². The van der Waals surface area contributed by atoms with Gasteiger partial charge in [0.2, 0.25) is 0 Å². The molecule has 132 valence electrons. The van der Waals surface area contributed by atoms with Crippen molar-refractivity contribution in [3.63, 3.8) is 0 Å². The summed E-state index contributed by atoms with van der Waals surface area (Å²) in [6.45, 7) is 0.00155. The van der Waals surface area contributed by atoms with Gasteiger partial charge in [0.25, 0.3) is 5.91 Å². The molecule has 3 fully saturated rings. The molecule has 23 heavy (non-hydrogen) atoms. The van der Waals surface area contributed by atoms with Gasteiger partial charge in [-0.15, -0.1) is 0 Å². The van der Waals surface area contributed by atoms with Gasteiger partial charge in [-0.25, -0.2) is 0 Å². The van der Waals surface area contributed by atoms with E-state index in [1.165, 1.54) is 0 Å². The minimum absolute atomic E-state index is 0.00155. The lowest BCUT2D eigenvalue weighted by Crippen LogP contribution is -2.51. The summed E-state index contributed by atoms with van der Waals surface area (Å²) in [5, 5.41) is 21.9. The van der Waals surface area contributed by atoms with Crippen LogP contribution in [-0.2, 0) is 14.3 Å². The van der Waals surface area contributed by atoms with E-state index in [-0.39, 0.29) is 37.2 Å². The number of amides is 1. The van der Waals surface area contributed by atoms with E-state index in [4.69, 9.17) is 26.0 Å². The summed E-state index contributed by atoms with van der Waals surface area (Å²) in [5.74, 6) is -0.416. The van der Waals surface area contributed by atoms with E-state index in [9.17, 15) is 9.90 Å². The maximum Gasteiger partial charge on any atom is 0.253 e. The maximum absolute atomic E-state index is 12.1. The fourth-order valence-corrected chi connectivity index (χ4v) is 3.51. The van der Waals surface area contributed by atoms with Gasteiger partial charge >= 0.3 is 0 Å². The van der Waals surface area contributed by atoms with Crippen molar-refractivity contribution in [2.24, 2.45) is 11.5 Å². The van der Waals surface area contributed by atoms with Crippen LogP contribution in [0.4, 0.5) is 0 Å². The molecule has 1 aliphatic heterocycles. The standard InChI is InChI=1S/C15H27N3O5/c16-8-3-9(18-14(20)15(21)6-12(15)17)5-11(4-8)23-13-2-1-10(7-19)22-13/h8-13,19,21H,1-7,16-17H2,(H,18,20). The SMILES string of the molecule is NC1CC(NC(=O)C2(O)CC2N)CC(OC2CCC(CO)O2)C1. The molecule has 0 aromatic carbocycles. The van der Waals surface area contributed by atoms with E-state index < -0.39 is 17.6 Å². The molecule has 8 heteroatoms. The Balaban J connectivity index is 1.50. The summed E-state index contributed by atoms with van der Waals surface area (Å²) >= 11 is 0. The average molecular weight is 329 g/mol. The highest BCUT2D eigenvalue weighted by molar-refractivity contribution is 5.89. The third-order valence-electron chi connectivity index (χ3n) is 5.03. The number of rotatable bonds is 5. The number of nitrogens with one attached hydrogen (secondary N) is 1. The Bertz CT molecular complexity index is 451. The summed E-state index contributed by atoms with van der Waals surface area (Å²) in [4.78, 5) is 12.1.